The number of piperazine rings is 1. The smallest absolute Gasteiger partial charge is 0.218 e. The highest BCUT2D eigenvalue weighted by Gasteiger charge is 2.28. The first kappa shape index (κ1) is 20.4. The number of sulfonamides is 1. The van der Waals surface area contributed by atoms with Crippen LogP contribution < -0.4 is 4.90 Å². The van der Waals surface area contributed by atoms with Crippen LogP contribution in [0, 0.1) is 19.7 Å². The molecule has 0 saturated carbocycles. The molecule has 0 N–H and O–H groups in total. The Bertz CT molecular complexity index is 1140. The highest BCUT2D eigenvalue weighted by Crippen LogP contribution is 2.19. The fraction of sp³-hybridized carbons (Fsp3) is 0.350. The van der Waals surface area contributed by atoms with Crippen molar-refractivity contribution in [1.29, 1.82) is 0 Å². The first-order valence-electron chi connectivity index (χ1n) is 9.67. The van der Waals surface area contributed by atoms with Gasteiger partial charge in [-0.2, -0.15) is 9.40 Å². The molecule has 1 aliphatic heterocycles. The molecule has 2 aromatic heterocycles. The number of hydrogen-bond donors (Lipinski definition) is 0. The highest BCUT2D eigenvalue weighted by molar-refractivity contribution is 7.88. The van der Waals surface area contributed by atoms with E-state index in [2.05, 4.69) is 15.3 Å². The van der Waals surface area contributed by atoms with E-state index < -0.39 is 15.8 Å². The lowest BCUT2D eigenvalue weighted by Crippen LogP contribution is -2.49. The highest BCUT2D eigenvalue weighted by atomic mass is 32.2. The molecular formula is C20H23FN6O2S. The van der Waals surface area contributed by atoms with Gasteiger partial charge in [-0.05, 0) is 38.1 Å². The first-order chi connectivity index (χ1) is 14.3. The summed E-state index contributed by atoms with van der Waals surface area (Å²) >= 11 is 0. The third-order valence-corrected chi connectivity index (χ3v) is 6.94. The van der Waals surface area contributed by atoms with Gasteiger partial charge in [-0.3, -0.25) is 0 Å². The predicted molar refractivity (Wildman–Crippen MR) is 111 cm³/mol. The molecule has 0 radical (unpaired) electrons. The van der Waals surface area contributed by atoms with Crippen molar-refractivity contribution in [3.05, 3.63) is 65.2 Å². The summed E-state index contributed by atoms with van der Waals surface area (Å²) < 4.78 is 42.4. The second-order valence-corrected chi connectivity index (χ2v) is 9.29. The maximum atomic E-state index is 13.8. The van der Waals surface area contributed by atoms with Gasteiger partial charge in [0.05, 0.1) is 11.4 Å². The molecule has 3 heterocycles. The fourth-order valence-electron chi connectivity index (χ4n) is 3.56. The van der Waals surface area contributed by atoms with E-state index in [1.807, 2.05) is 36.9 Å². The topological polar surface area (TPSA) is 84.2 Å². The van der Waals surface area contributed by atoms with Crippen molar-refractivity contribution in [2.24, 2.45) is 0 Å². The standard InChI is InChI=1S/C20H23FN6O2S/c1-15-13-16(2)27(24-15)20-8-7-19(22-23-20)25-9-11-26(12-10-25)30(28,29)14-17-5-3-4-6-18(17)21/h3-8,13H,9-12,14H2,1-2H3. The van der Waals surface area contributed by atoms with Gasteiger partial charge in [0.2, 0.25) is 10.0 Å². The van der Waals surface area contributed by atoms with Crippen molar-refractivity contribution in [2.45, 2.75) is 19.6 Å². The molecule has 0 amide bonds. The molecule has 8 nitrogen and oxygen atoms in total. The Labute approximate surface area is 175 Å². The van der Waals surface area contributed by atoms with Crippen LogP contribution in [0.2, 0.25) is 0 Å². The van der Waals surface area contributed by atoms with Crippen molar-refractivity contribution in [3.63, 3.8) is 0 Å². The van der Waals surface area contributed by atoms with Crippen LogP contribution in [0.5, 0.6) is 0 Å². The zero-order chi connectivity index (χ0) is 21.3. The van der Waals surface area contributed by atoms with E-state index in [9.17, 15) is 12.8 Å². The zero-order valence-corrected chi connectivity index (χ0v) is 17.7. The Morgan fingerprint density at radius 1 is 0.967 bits per heavy atom. The summed E-state index contributed by atoms with van der Waals surface area (Å²) in [4.78, 5) is 1.99. The molecular weight excluding hydrogens is 407 g/mol. The molecule has 0 aliphatic carbocycles. The molecule has 0 spiro atoms. The Morgan fingerprint density at radius 3 is 2.23 bits per heavy atom. The molecule has 0 atom stereocenters. The lowest BCUT2D eigenvalue weighted by Gasteiger charge is -2.34. The number of rotatable bonds is 5. The van der Waals surface area contributed by atoms with E-state index in [1.165, 1.54) is 16.4 Å². The molecule has 1 aliphatic rings. The van der Waals surface area contributed by atoms with Crippen LogP contribution in [0.15, 0.2) is 42.5 Å². The number of aryl methyl sites for hydroxylation is 2. The molecule has 1 fully saturated rings. The van der Waals surface area contributed by atoms with Crippen LogP contribution in [0.1, 0.15) is 17.0 Å². The number of anilines is 1. The van der Waals surface area contributed by atoms with Gasteiger partial charge in [0.25, 0.3) is 0 Å². The molecule has 158 valence electrons. The lowest BCUT2D eigenvalue weighted by atomic mass is 10.2. The largest absolute Gasteiger partial charge is 0.352 e. The molecule has 1 aromatic carbocycles. The molecule has 4 rings (SSSR count). The molecule has 30 heavy (non-hydrogen) atoms. The quantitative estimate of drug-likeness (QED) is 0.616. The summed E-state index contributed by atoms with van der Waals surface area (Å²) in [5.74, 6) is 0.483. The van der Waals surface area contributed by atoms with Crippen LogP contribution in [0.25, 0.3) is 5.82 Å². The first-order valence-corrected chi connectivity index (χ1v) is 11.3. The summed E-state index contributed by atoms with van der Waals surface area (Å²) in [5.41, 5.74) is 2.07. The van der Waals surface area contributed by atoms with Crippen LogP contribution in [-0.4, -0.2) is 58.9 Å². The Hall–Kier alpha value is -2.85. The Kier molecular flexibility index (Phi) is 5.52. The zero-order valence-electron chi connectivity index (χ0n) is 16.9. The summed E-state index contributed by atoms with van der Waals surface area (Å²) in [6, 6.07) is 11.6. The van der Waals surface area contributed by atoms with E-state index in [4.69, 9.17) is 0 Å². The number of aromatic nitrogens is 4. The van der Waals surface area contributed by atoms with Crippen molar-refractivity contribution in [2.75, 3.05) is 31.1 Å². The summed E-state index contributed by atoms with van der Waals surface area (Å²) in [6.07, 6.45) is 0. The molecule has 3 aromatic rings. The average molecular weight is 431 g/mol. The third kappa shape index (κ3) is 4.19. The predicted octanol–water partition coefficient (Wildman–Crippen LogP) is 2.07. The number of benzene rings is 1. The minimum atomic E-state index is -3.59. The molecule has 0 unspecified atom stereocenters. The number of halogens is 1. The summed E-state index contributed by atoms with van der Waals surface area (Å²) in [7, 11) is -3.59. The van der Waals surface area contributed by atoms with Gasteiger partial charge in [0.15, 0.2) is 11.6 Å². The van der Waals surface area contributed by atoms with Gasteiger partial charge in [-0.1, -0.05) is 18.2 Å². The number of hydrogen-bond acceptors (Lipinski definition) is 6. The van der Waals surface area contributed by atoms with Crippen molar-refractivity contribution >= 4 is 15.8 Å². The van der Waals surface area contributed by atoms with E-state index in [-0.39, 0.29) is 11.3 Å². The summed E-state index contributed by atoms with van der Waals surface area (Å²) in [6.45, 7) is 5.49. The van der Waals surface area contributed by atoms with Gasteiger partial charge < -0.3 is 4.90 Å². The van der Waals surface area contributed by atoms with Gasteiger partial charge in [0.1, 0.15) is 5.82 Å². The maximum Gasteiger partial charge on any atom is 0.218 e. The van der Waals surface area contributed by atoms with E-state index in [0.717, 1.165) is 11.4 Å². The van der Waals surface area contributed by atoms with Gasteiger partial charge in [-0.25, -0.2) is 17.5 Å². The van der Waals surface area contributed by atoms with Crippen LogP contribution >= 0.6 is 0 Å². The minimum absolute atomic E-state index is 0.186. The molecule has 0 bridgehead atoms. The van der Waals surface area contributed by atoms with Crippen LogP contribution in [0.4, 0.5) is 10.2 Å². The van der Waals surface area contributed by atoms with Gasteiger partial charge in [-0.15, -0.1) is 10.2 Å². The van der Waals surface area contributed by atoms with Crippen molar-refractivity contribution < 1.29 is 12.8 Å². The van der Waals surface area contributed by atoms with E-state index in [1.54, 1.807) is 16.8 Å². The van der Waals surface area contributed by atoms with E-state index in [0.29, 0.717) is 37.8 Å². The average Bonchev–Trinajstić information content (AvgIpc) is 3.08. The van der Waals surface area contributed by atoms with Crippen molar-refractivity contribution in [3.8, 4) is 5.82 Å². The molecule has 1 saturated heterocycles. The monoisotopic (exact) mass is 430 g/mol. The number of nitrogens with zero attached hydrogens (tertiary/aromatic N) is 6. The SMILES string of the molecule is Cc1cc(C)n(-c2ccc(N3CCN(S(=O)(=O)Cc4ccccc4F)CC3)nn2)n1. The van der Waals surface area contributed by atoms with Gasteiger partial charge in [0, 0.05) is 37.4 Å². The van der Waals surface area contributed by atoms with Crippen molar-refractivity contribution in [1.82, 2.24) is 24.3 Å². The Morgan fingerprint density at radius 2 is 1.63 bits per heavy atom. The van der Waals surface area contributed by atoms with Gasteiger partial charge >= 0.3 is 0 Å². The lowest BCUT2D eigenvalue weighted by molar-refractivity contribution is 0.382. The fourth-order valence-corrected chi connectivity index (χ4v) is 5.09. The Balaban J connectivity index is 1.40. The normalized spacial score (nSPS) is 15.5. The minimum Gasteiger partial charge on any atom is -0.352 e. The summed E-state index contributed by atoms with van der Waals surface area (Å²) in [5, 5.41) is 13.0. The maximum absolute atomic E-state index is 13.8. The second-order valence-electron chi connectivity index (χ2n) is 7.32. The third-order valence-electron chi connectivity index (χ3n) is 5.11. The second kappa shape index (κ2) is 8.11. The molecule has 10 heteroatoms. The van der Waals surface area contributed by atoms with E-state index >= 15 is 0 Å². The van der Waals surface area contributed by atoms with Crippen LogP contribution in [-0.2, 0) is 15.8 Å². The van der Waals surface area contributed by atoms with Crippen LogP contribution in [0.3, 0.4) is 0 Å².